The third kappa shape index (κ3) is 2.99. The van der Waals surface area contributed by atoms with Crippen LogP contribution in [0.25, 0.3) is 11.3 Å². The molecule has 1 N–H and O–H groups in total. The summed E-state index contributed by atoms with van der Waals surface area (Å²) in [4.78, 5) is 8.44. The maximum atomic E-state index is 5.63. The van der Waals surface area contributed by atoms with Crippen LogP contribution in [0.5, 0.6) is 11.5 Å². The molecule has 1 heterocycles. The number of aromatic nitrogens is 2. The minimum atomic E-state index is 0.158. The smallest absolute Gasteiger partial charge is 0.187 e. The number of ether oxygens (including phenoxy) is 2. The lowest BCUT2D eigenvalue weighted by Crippen LogP contribution is -2.05. The molecule has 20 heavy (non-hydrogen) atoms. The van der Waals surface area contributed by atoms with Gasteiger partial charge in [-0.05, 0) is 38.1 Å². The third-order valence-corrected chi connectivity index (χ3v) is 2.74. The molecule has 1 aromatic heterocycles. The minimum Gasteiger partial charge on any atom is -0.491 e. The van der Waals surface area contributed by atoms with Gasteiger partial charge in [0.15, 0.2) is 11.6 Å². The molecule has 5 heteroatoms. The summed E-state index contributed by atoms with van der Waals surface area (Å²) in [6.45, 7) is 4.00. The highest BCUT2D eigenvalue weighted by molar-refractivity contribution is 5.72. The van der Waals surface area contributed by atoms with Crippen LogP contribution in [-0.2, 0) is 0 Å². The summed E-state index contributed by atoms with van der Waals surface area (Å²) in [6, 6.07) is 7.77. The fourth-order valence-corrected chi connectivity index (χ4v) is 1.91. The van der Waals surface area contributed by atoms with Gasteiger partial charge in [0.1, 0.15) is 17.8 Å². The lowest BCUT2D eigenvalue weighted by molar-refractivity contribution is 0.242. The van der Waals surface area contributed by atoms with Crippen LogP contribution in [0.15, 0.2) is 30.6 Å². The van der Waals surface area contributed by atoms with Crippen LogP contribution in [0, 0.1) is 0 Å². The molecule has 0 atom stereocenters. The SMILES string of the molecule is CNc1ncnc(-c2ccc(OC(C)C)cc2)c1OC. The summed E-state index contributed by atoms with van der Waals surface area (Å²) in [5.74, 6) is 2.14. The van der Waals surface area contributed by atoms with Crippen molar-refractivity contribution in [2.45, 2.75) is 20.0 Å². The fourth-order valence-electron chi connectivity index (χ4n) is 1.91. The quantitative estimate of drug-likeness (QED) is 0.907. The first-order valence-electron chi connectivity index (χ1n) is 6.49. The largest absolute Gasteiger partial charge is 0.491 e. The number of nitrogens with zero attached hydrogens (tertiary/aromatic N) is 2. The molecule has 0 fully saturated rings. The Bertz CT molecular complexity index is 568. The zero-order valence-corrected chi connectivity index (χ0v) is 12.2. The van der Waals surface area contributed by atoms with Gasteiger partial charge in [-0.3, -0.25) is 0 Å². The van der Waals surface area contributed by atoms with Gasteiger partial charge < -0.3 is 14.8 Å². The van der Waals surface area contributed by atoms with E-state index in [0.29, 0.717) is 11.6 Å². The average molecular weight is 273 g/mol. The molecule has 2 aromatic rings. The molecular weight excluding hydrogens is 254 g/mol. The van der Waals surface area contributed by atoms with Crippen LogP contribution in [-0.4, -0.2) is 30.2 Å². The average Bonchev–Trinajstić information content (AvgIpc) is 2.46. The monoisotopic (exact) mass is 273 g/mol. The number of hydrogen-bond acceptors (Lipinski definition) is 5. The third-order valence-electron chi connectivity index (χ3n) is 2.74. The van der Waals surface area contributed by atoms with E-state index < -0.39 is 0 Å². The Morgan fingerprint density at radius 1 is 1.10 bits per heavy atom. The molecule has 0 aliphatic carbocycles. The van der Waals surface area contributed by atoms with Crippen molar-refractivity contribution in [2.24, 2.45) is 0 Å². The Morgan fingerprint density at radius 2 is 1.80 bits per heavy atom. The van der Waals surface area contributed by atoms with Gasteiger partial charge in [0.05, 0.1) is 13.2 Å². The van der Waals surface area contributed by atoms with Crippen molar-refractivity contribution in [2.75, 3.05) is 19.5 Å². The molecule has 2 rings (SSSR count). The first-order chi connectivity index (χ1) is 9.65. The Hall–Kier alpha value is -2.30. The van der Waals surface area contributed by atoms with Crippen LogP contribution in [0.4, 0.5) is 5.82 Å². The molecule has 0 saturated heterocycles. The van der Waals surface area contributed by atoms with Gasteiger partial charge in [-0.1, -0.05) is 0 Å². The van der Waals surface area contributed by atoms with Gasteiger partial charge in [0, 0.05) is 12.6 Å². The van der Waals surface area contributed by atoms with Crippen molar-refractivity contribution in [1.82, 2.24) is 9.97 Å². The second-order valence-electron chi connectivity index (χ2n) is 4.55. The van der Waals surface area contributed by atoms with Gasteiger partial charge in [0.25, 0.3) is 0 Å². The molecule has 0 unspecified atom stereocenters. The van der Waals surface area contributed by atoms with Gasteiger partial charge in [0.2, 0.25) is 0 Å². The van der Waals surface area contributed by atoms with E-state index in [9.17, 15) is 0 Å². The lowest BCUT2D eigenvalue weighted by atomic mass is 10.1. The van der Waals surface area contributed by atoms with E-state index in [1.54, 1.807) is 14.2 Å². The number of nitrogens with one attached hydrogen (secondary N) is 1. The predicted molar refractivity (Wildman–Crippen MR) is 79.3 cm³/mol. The summed E-state index contributed by atoms with van der Waals surface area (Å²) < 4.78 is 11.0. The van der Waals surface area contributed by atoms with Gasteiger partial charge >= 0.3 is 0 Å². The van der Waals surface area contributed by atoms with E-state index in [4.69, 9.17) is 9.47 Å². The van der Waals surface area contributed by atoms with Crippen LogP contribution >= 0.6 is 0 Å². The normalized spacial score (nSPS) is 10.4. The first kappa shape index (κ1) is 14.1. The van der Waals surface area contributed by atoms with E-state index in [1.807, 2.05) is 38.1 Å². The molecule has 0 saturated carbocycles. The predicted octanol–water partition coefficient (Wildman–Crippen LogP) is 2.98. The van der Waals surface area contributed by atoms with Crippen molar-refractivity contribution in [3.63, 3.8) is 0 Å². The second kappa shape index (κ2) is 6.23. The van der Waals surface area contributed by atoms with Crippen molar-refractivity contribution >= 4 is 5.82 Å². The summed E-state index contributed by atoms with van der Waals surface area (Å²) in [6.07, 6.45) is 1.67. The highest BCUT2D eigenvalue weighted by atomic mass is 16.5. The maximum absolute atomic E-state index is 5.63. The molecule has 5 nitrogen and oxygen atoms in total. The van der Waals surface area contributed by atoms with Crippen molar-refractivity contribution in [1.29, 1.82) is 0 Å². The van der Waals surface area contributed by atoms with Crippen molar-refractivity contribution < 1.29 is 9.47 Å². The number of anilines is 1. The molecular formula is C15H19N3O2. The summed E-state index contributed by atoms with van der Waals surface area (Å²) >= 11 is 0. The number of methoxy groups -OCH3 is 1. The van der Waals surface area contributed by atoms with Crippen LogP contribution in [0.1, 0.15) is 13.8 Å². The van der Waals surface area contributed by atoms with Crippen molar-refractivity contribution in [3.05, 3.63) is 30.6 Å². The lowest BCUT2D eigenvalue weighted by Gasteiger charge is -2.12. The van der Waals surface area contributed by atoms with E-state index in [0.717, 1.165) is 17.0 Å². The Labute approximate surface area is 119 Å². The van der Waals surface area contributed by atoms with Crippen LogP contribution in [0.2, 0.25) is 0 Å². The zero-order valence-electron chi connectivity index (χ0n) is 12.2. The van der Waals surface area contributed by atoms with Crippen molar-refractivity contribution in [3.8, 4) is 22.8 Å². The molecule has 0 aliphatic heterocycles. The molecule has 1 aromatic carbocycles. The Morgan fingerprint density at radius 3 is 2.35 bits per heavy atom. The van der Waals surface area contributed by atoms with Gasteiger partial charge in [-0.2, -0.15) is 0 Å². The van der Waals surface area contributed by atoms with Crippen LogP contribution in [0.3, 0.4) is 0 Å². The summed E-state index contributed by atoms with van der Waals surface area (Å²) in [5.41, 5.74) is 1.71. The molecule has 0 amide bonds. The van der Waals surface area contributed by atoms with Gasteiger partial charge in [-0.25, -0.2) is 9.97 Å². The fraction of sp³-hybridized carbons (Fsp3) is 0.333. The van der Waals surface area contributed by atoms with Crippen LogP contribution < -0.4 is 14.8 Å². The minimum absolute atomic E-state index is 0.158. The van der Waals surface area contributed by atoms with E-state index in [1.165, 1.54) is 6.33 Å². The zero-order chi connectivity index (χ0) is 14.5. The topological polar surface area (TPSA) is 56.3 Å². The maximum Gasteiger partial charge on any atom is 0.187 e. The summed E-state index contributed by atoms with van der Waals surface area (Å²) in [7, 11) is 3.41. The number of hydrogen-bond donors (Lipinski definition) is 1. The molecule has 106 valence electrons. The highest BCUT2D eigenvalue weighted by Crippen LogP contribution is 2.33. The highest BCUT2D eigenvalue weighted by Gasteiger charge is 2.13. The van der Waals surface area contributed by atoms with E-state index >= 15 is 0 Å². The molecule has 0 spiro atoms. The number of rotatable bonds is 5. The Balaban J connectivity index is 2.36. The standard InChI is InChI=1S/C15H19N3O2/c1-10(2)20-12-7-5-11(6-8-12)13-14(19-4)15(16-3)18-9-17-13/h5-10H,1-4H3,(H,16,17,18). The second-order valence-corrected chi connectivity index (χ2v) is 4.55. The molecule has 0 radical (unpaired) electrons. The summed E-state index contributed by atoms with van der Waals surface area (Å²) in [5, 5.41) is 2.99. The molecule has 0 aliphatic rings. The molecule has 0 bridgehead atoms. The Kier molecular flexibility index (Phi) is 4.40. The van der Waals surface area contributed by atoms with E-state index in [2.05, 4.69) is 15.3 Å². The van der Waals surface area contributed by atoms with E-state index in [-0.39, 0.29) is 6.10 Å². The first-order valence-corrected chi connectivity index (χ1v) is 6.49. The van der Waals surface area contributed by atoms with Gasteiger partial charge in [-0.15, -0.1) is 0 Å². The number of benzene rings is 1.